The first-order valence-electron chi connectivity index (χ1n) is 12.5. The zero-order valence-corrected chi connectivity index (χ0v) is 20.9. The second-order valence-electron chi connectivity index (χ2n) is 9.37. The van der Waals surface area contributed by atoms with Crippen LogP contribution in [0.4, 0.5) is 5.95 Å². The highest BCUT2D eigenvalue weighted by Gasteiger charge is 2.25. The highest BCUT2D eigenvalue weighted by Crippen LogP contribution is 2.24. The molecule has 0 amide bonds. The zero-order valence-electron chi connectivity index (χ0n) is 20.9. The number of nitrogens with zero attached hydrogens (tertiary/aromatic N) is 7. The highest BCUT2D eigenvalue weighted by atomic mass is 16.4. The molecular weight excluding hydrogens is 480 g/mol. The van der Waals surface area contributed by atoms with Crippen LogP contribution in [-0.4, -0.2) is 65.6 Å². The summed E-state index contributed by atoms with van der Waals surface area (Å²) >= 11 is 0. The summed E-state index contributed by atoms with van der Waals surface area (Å²) in [6.07, 6.45) is 9.76. The van der Waals surface area contributed by atoms with Crippen LogP contribution < -0.4 is 5.73 Å². The molecule has 0 radical (unpaired) electrons. The van der Waals surface area contributed by atoms with E-state index in [9.17, 15) is 9.90 Å². The summed E-state index contributed by atoms with van der Waals surface area (Å²) in [4.78, 5) is 27.0. The molecule has 1 fully saturated rings. The number of hydrogen-bond donors (Lipinski definition) is 2. The van der Waals surface area contributed by atoms with Gasteiger partial charge in [0.25, 0.3) is 0 Å². The number of nitrogen functional groups attached to an aromatic ring is 1. The minimum absolute atomic E-state index is 0.135. The van der Waals surface area contributed by atoms with Gasteiger partial charge in [-0.2, -0.15) is 0 Å². The van der Waals surface area contributed by atoms with E-state index in [4.69, 9.17) is 17.1 Å². The lowest BCUT2D eigenvalue weighted by Crippen LogP contribution is -2.39. The van der Waals surface area contributed by atoms with Crippen molar-refractivity contribution in [3.63, 3.8) is 0 Å². The van der Waals surface area contributed by atoms with Crippen LogP contribution in [-0.2, 0) is 17.8 Å². The number of likely N-dealkylation sites (tertiary alicyclic amines) is 1. The van der Waals surface area contributed by atoms with E-state index in [1.165, 1.54) is 0 Å². The summed E-state index contributed by atoms with van der Waals surface area (Å²) in [7, 11) is 0. The number of anilines is 1. The molecule has 1 aliphatic heterocycles. The third kappa shape index (κ3) is 6.02. The van der Waals surface area contributed by atoms with E-state index in [0.717, 1.165) is 54.9 Å². The first kappa shape index (κ1) is 25.0. The monoisotopic (exact) mass is 508 g/mol. The van der Waals surface area contributed by atoms with Crippen molar-refractivity contribution in [1.82, 2.24) is 34.8 Å². The second kappa shape index (κ2) is 11.2. The fourth-order valence-corrected chi connectivity index (χ4v) is 4.66. The van der Waals surface area contributed by atoms with Crippen LogP contribution in [0.3, 0.4) is 0 Å². The summed E-state index contributed by atoms with van der Waals surface area (Å²) in [5.74, 6) is 1.78. The van der Waals surface area contributed by atoms with E-state index in [1.54, 1.807) is 10.9 Å². The number of hydrogen-bond acceptors (Lipinski definition) is 8. The standard InChI is InChI=1S/C28H28N8O2/c1-2-19-6-3-7-20(14-19)24-15-25(32-28(29)31-24)26-18-36(34-33-26)17-23-10-4-9-22(30-23)11-13-35-12-5-8-21(16-35)27(37)38/h1,3-4,6-7,9-10,14-15,18,21H,5,8,11-13,16-17H2,(H,37,38)(H2,29,31,32). The van der Waals surface area contributed by atoms with Crippen molar-refractivity contribution in [2.24, 2.45) is 5.92 Å². The predicted octanol–water partition coefficient (Wildman–Crippen LogP) is 2.75. The Hall–Kier alpha value is -4.62. The maximum Gasteiger partial charge on any atom is 0.307 e. The minimum atomic E-state index is -0.707. The number of carbonyl (C=O) groups is 1. The summed E-state index contributed by atoms with van der Waals surface area (Å²) in [5, 5.41) is 17.9. The van der Waals surface area contributed by atoms with E-state index in [0.29, 0.717) is 30.2 Å². The Morgan fingerprint density at radius 3 is 2.74 bits per heavy atom. The van der Waals surface area contributed by atoms with Gasteiger partial charge in [0.15, 0.2) is 0 Å². The molecule has 1 aromatic carbocycles. The van der Waals surface area contributed by atoms with Crippen LogP contribution in [0.15, 0.2) is 54.7 Å². The van der Waals surface area contributed by atoms with Gasteiger partial charge in [-0.25, -0.2) is 14.6 Å². The van der Waals surface area contributed by atoms with Gasteiger partial charge in [0.05, 0.1) is 35.7 Å². The highest BCUT2D eigenvalue weighted by molar-refractivity contribution is 5.70. The Morgan fingerprint density at radius 1 is 1.08 bits per heavy atom. The van der Waals surface area contributed by atoms with Gasteiger partial charge in [0, 0.05) is 36.3 Å². The molecule has 0 spiro atoms. The third-order valence-corrected chi connectivity index (χ3v) is 6.60. The van der Waals surface area contributed by atoms with Gasteiger partial charge in [0.2, 0.25) is 5.95 Å². The Morgan fingerprint density at radius 2 is 1.89 bits per heavy atom. The number of piperidine rings is 1. The number of carboxylic acid groups (broad SMARTS) is 1. The van der Waals surface area contributed by atoms with Gasteiger partial charge in [0.1, 0.15) is 5.69 Å². The van der Waals surface area contributed by atoms with E-state index < -0.39 is 5.97 Å². The van der Waals surface area contributed by atoms with Crippen LogP contribution >= 0.6 is 0 Å². The molecule has 0 bridgehead atoms. The smallest absolute Gasteiger partial charge is 0.307 e. The Balaban J connectivity index is 1.26. The molecule has 10 heteroatoms. The molecule has 0 aliphatic carbocycles. The summed E-state index contributed by atoms with van der Waals surface area (Å²) < 4.78 is 1.71. The SMILES string of the molecule is C#Cc1cccc(-c2cc(-c3cn(Cc4cccc(CCN5CCCC(C(=O)O)C5)n4)nn3)nc(N)n2)c1. The van der Waals surface area contributed by atoms with Crippen molar-refractivity contribution in [2.75, 3.05) is 25.4 Å². The van der Waals surface area contributed by atoms with Crippen molar-refractivity contribution >= 4 is 11.9 Å². The maximum atomic E-state index is 11.3. The lowest BCUT2D eigenvalue weighted by atomic mass is 9.98. The molecule has 10 nitrogen and oxygen atoms in total. The second-order valence-corrected chi connectivity index (χ2v) is 9.37. The van der Waals surface area contributed by atoms with E-state index in [-0.39, 0.29) is 11.9 Å². The van der Waals surface area contributed by atoms with Crippen LogP contribution in [0.5, 0.6) is 0 Å². The molecule has 1 atom stereocenters. The van der Waals surface area contributed by atoms with Gasteiger partial charge >= 0.3 is 5.97 Å². The van der Waals surface area contributed by atoms with Crippen LogP contribution in [0, 0.1) is 18.3 Å². The number of carboxylic acids is 1. The van der Waals surface area contributed by atoms with Crippen molar-refractivity contribution in [3.05, 3.63) is 71.7 Å². The van der Waals surface area contributed by atoms with E-state index in [2.05, 4.69) is 31.1 Å². The van der Waals surface area contributed by atoms with Gasteiger partial charge < -0.3 is 15.7 Å². The molecule has 1 unspecified atom stereocenters. The van der Waals surface area contributed by atoms with Crippen molar-refractivity contribution in [3.8, 4) is 35.0 Å². The van der Waals surface area contributed by atoms with Crippen LogP contribution in [0.1, 0.15) is 29.8 Å². The lowest BCUT2D eigenvalue weighted by Gasteiger charge is -2.30. The molecule has 4 aromatic rings. The molecule has 4 heterocycles. The van der Waals surface area contributed by atoms with E-state index >= 15 is 0 Å². The van der Waals surface area contributed by atoms with Crippen molar-refractivity contribution in [1.29, 1.82) is 0 Å². The summed E-state index contributed by atoms with van der Waals surface area (Å²) in [6, 6.07) is 15.3. The first-order chi connectivity index (χ1) is 18.5. The molecular formula is C28H28N8O2. The zero-order chi connectivity index (χ0) is 26.5. The van der Waals surface area contributed by atoms with Gasteiger partial charge in [-0.1, -0.05) is 29.3 Å². The molecule has 3 N–H and O–H groups in total. The van der Waals surface area contributed by atoms with Gasteiger partial charge in [-0.05, 0) is 49.7 Å². The average Bonchev–Trinajstić information content (AvgIpc) is 3.40. The summed E-state index contributed by atoms with van der Waals surface area (Å²) in [6.45, 7) is 2.76. The molecule has 1 aliphatic rings. The number of nitrogens with two attached hydrogens (primary N) is 1. The molecule has 1 saturated heterocycles. The quantitative estimate of drug-likeness (QED) is 0.344. The number of benzene rings is 1. The molecule has 3 aromatic heterocycles. The first-order valence-corrected chi connectivity index (χ1v) is 12.5. The molecule has 38 heavy (non-hydrogen) atoms. The number of rotatable bonds is 8. The van der Waals surface area contributed by atoms with Crippen LogP contribution in [0.2, 0.25) is 0 Å². The van der Waals surface area contributed by atoms with E-state index in [1.807, 2.05) is 48.5 Å². The molecule has 0 saturated carbocycles. The fraction of sp³-hybridized carbons (Fsp3) is 0.286. The van der Waals surface area contributed by atoms with Gasteiger partial charge in [-0.15, -0.1) is 11.5 Å². The normalized spacial score (nSPS) is 15.7. The lowest BCUT2D eigenvalue weighted by molar-refractivity contribution is -0.143. The van der Waals surface area contributed by atoms with Crippen LogP contribution in [0.25, 0.3) is 22.6 Å². The minimum Gasteiger partial charge on any atom is -0.481 e. The summed E-state index contributed by atoms with van der Waals surface area (Å²) in [5.41, 5.74) is 11.2. The Kier molecular flexibility index (Phi) is 7.38. The van der Waals surface area contributed by atoms with Crippen molar-refractivity contribution in [2.45, 2.75) is 25.8 Å². The average molecular weight is 509 g/mol. The molecule has 192 valence electrons. The largest absolute Gasteiger partial charge is 0.481 e. The fourth-order valence-electron chi connectivity index (χ4n) is 4.66. The third-order valence-electron chi connectivity index (χ3n) is 6.60. The number of aliphatic carboxylic acids is 1. The predicted molar refractivity (Wildman–Crippen MR) is 143 cm³/mol. The Bertz CT molecular complexity index is 1490. The number of aromatic nitrogens is 6. The Labute approximate surface area is 220 Å². The van der Waals surface area contributed by atoms with Crippen molar-refractivity contribution < 1.29 is 9.90 Å². The maximum absolute atomic E-state index is 11.3. The molecule has 5 rings (SSSR count). The van der Waals surface area contributed by atoms with Gasteiger partial charge in [-0.3, -0.25) is 9.78 Å². The topological polar surface area (TPSA) is 136 Å². The number of terminal acetylenes is 1. The number of pyridine rings is 1.